The van der Waals surface area contributed by atoms with Crippen LogP contribution < -0.4 is 0 Å². The monoisotopic (exact) mass is 406 g/mol. The van der Waals surface area contributed by atoms with E-state index in [1.807, 2.05) is 6.92 Å². The van der Waals surface area contributed by atoms with Gasteiger partial charge in [0.25, 0.3) is 0 Å². The number of hydrogen-bond donors (Lipinski definition) is 1. The van der Waals surface area contributed by atoms with Crippen molar-refractivity contribution in [3.05, 3.63) is 36.5 Å². The first-order valence-electron chi connectivity index (χ1n) is 9.34. The maximum absolute atomic E-state index is 12.7. The van der Waals surface area contributed by atoms with Crippen molar-refractivity contribution in [2.24, 2.45) is 11.8 Å². The van der Waals surface area contributed by atoms with Crippen molar-refractivity contribution >= 4 is 23.7 Å². The van der Waals surface area contributed by atoms with Crippen LogP contribution in [0.25, 0.3) is 0 Å². The van der Waals surface area contributed by atoms with Crippen LogP contribution in [0.15, 0.2) is 36.5 Å². The molecule has 6 atom stereocenters. The summed E-state index contributed by atoms with van der Waals surface area (Å²) in [5.74, 6) is -4.07. The maximum atomic E-state index is 12.7. The van der Waals surface area contributed by atoms with Gasteiger partial charge in [0.05, 0.1) is 5.92 Å². The SMILES string of the molecule is C=C1C(=O)O[C@@H]2C[C@@H](C)/C=C\C(=O)[C@@](C)(O)[C@H](OC(C)=O)[C@@H](OC(=O)/C=C/C)[C@@H]12. The molecule has 8 nitrogen and oxygen atoms in total. The van der Waals surface area contributed by atoms with Gasteiger partial charge in [-0.3, -0.25) is 9.59 Å². The Morgan fingerprint density at radius 2 is 2.00 bits per heavy atom. The van der Waals surface area contributed by atoms with Crippen molar-refractivity contribution in [3.63, 3.8) is 0 Å². The van der Waals surface area contributed by atoms with Gasteiger partial charge in [-0.1, -0.05) is 25.7 Å². The highest BCUT2D eigenvalue weighted by atomic mass is 16.6. The first kappa shape index (κ1) is 22.5. The van der Waals surface area contributed by atoms with Gasteiger partial charge in [0, 0.05) is 18.6 Å². The van der Waals surface area contributed by atoms with Crippen LogP contribution in [0.4, 0.5) is 0 Å². The quantitative estimate of drug-likeness (QED) is 0.425. The first-order valence-corrected chi connectivity index (χ1v) is 9.34. The molecule has 0 spiro atoms. The Labute approximate surface area is 169 Å². The van der Waals surface area contributed by atoms with Crippen LogP contribution in [0.2, 0.25) is 0 Å². The Morgan fingerprint density at radius 1 is 1.34 bits per heavy atom. The zero-order chi connectivity index (χ0) is 21.9. The minimum atomic E-state index is -2.23. The normalized spacial score (nSPS) is 36.3. The number of esters is 3. The van der Waals surface area contributed by atoms with Gasteiger partial charge in [-0.2, -0.15) is 0 Å². The molecule has 0 aromatic heterocycles. The minimum Gasteiger partial charge on any atom is -0.458 e. The van der Waals surface area contributed by atoms with E-state index in [4.69, 9.17) is 14.2 Å². The minimum absolute atomic E-state index is 0.0189. The molecule has 1 heterocycles. The Balaban J connectivity index is 2.66. The molecule has 8 heteroatoms. The molecule has 1 fully saturated rings. The molecule has 1 aliphatic heterocycles. The molecule has 0 saturated carbocycles. The second-order valence-electron chi connectivity index (χ2n) is 7.51. The molecule has 1 aliphatic carbocycles. The van der Waals surface area contributed by atoms with Crippen LogP contribution >= 0.6 is 0 Å². The Kier molecular flexibility index (Phi) is 6.79. The molecular weight excluding hydrogens is 380 g/mol. The number of carbonyl (C=O) groups excluding carboxylic acids is 4. The predicted octanol–water partition coefficient (Wildman–Crippen LogP) is 1.42. The van der Waals surface area contributed by atoms with Gasteiger partial charge in [0.2, 0.25) is 0 Å². The molecule has 0 bridgehead atoms. The van der Waals surface area contributed by atoms with Gasteiger partial charge in [-0.05, 0) is 32.3 Å². The topological polar surface area (TPSA) is 116 Å². The number of hydrogen-bond acceptors (Lipinski definition) is 8. The van der Waals surface area contributed by atoms with E-state index in [0.717, 1.165) is 13.0 Å². The predicted molar refractivity (Wildman–Crippen MR) is 101 cm³/mol. The Hall–Kier alpha value is -2.74. The summed E-state index contributed by atoms with van der Waals surface area (Å²) < 4.78 is 16.2. The summed E-state index contributed by atoms with van der Waals surface area (Å²) >= 11 is 0. The lowest BCUT2D eigenvalue weighted by molar-refractivity contribution is -0.194. The molecule has 158 valence electrons. The average Bonchev–Trinajstić information content (AvgIpc) is 2.88. The van der Waals surface area contributed by atoms with E-state index in [-0.39, 0.29) is 11.5 Å². The first-order chi connectivity index (χ1) is 13.5. The number of ketones is 1. The second-order valence-corrected chi connectivity index (χ2v) is 7.51. The van der Waals surface area contributed by atoms with Gasteiger partial charge in [-0.15, -0.1) is 0 Å². The molecule has 2 rings (SSSR count). The summed E-state index contributed by atoms with van der Waals surface area (Å²) in [6.07, 6.45) is 1.99. The largest absolute Gasteiger partial charge is 0.458 e. The van der Waals surface area contributed by atoms with E-state index in [1.165, 1.54) is 19.1 Å². The molecule has 0 aromatic carbocycles. The fourth-order valence-electron chi connectivity index (χ4n) is 3.57. The standard InChI is InChI=1S/C21H26O8/c1-6-7-16(24)29-18-17-12(3)20(25)28-14(17)10-11(2)8-9-15(23)21(5,26)19(18)27-13(4)22/h6-9,11,14,17-19,26H,3,10H2,1-2,4-5H3/b7-6+,9-8-/t11-,14+,17-,18-,19+,21+/m0/s1. The smallest absolute Gasteiger partial charge is 0.334 e. The van der Waals surface area contributed by atoms with Gasteiger partial charge < -0.3 is 19.3 Å². The maximum Gasteiger partial charge on any atom is 0.334 e. The van der Waals surface area contributed by atoms with E-state index >= 15 is 0 Å². The Morgan fingerprint density at radius 3 is 2.59 bits per heavy atom. The Bertz CT molecular complexity index is 776. The van der Waals surface area contributed by atoms with E-state index in [1.54, 1.807) is 13.0 Å². The van der Waals surface area contributed by atoms with E-state index in [9.17, 15) is 24.3 Å². The summed E-state index contributed by atoms with van der Waals surface area (Å²) in [5, 5.41) is 11.0. The van der Waals surface area contributed by atoms with Gasteiger partial charge in [0.1, 0.15) is 6.10 Å². The average molecular weight is 406 g/mol. The summed E-state index contributed by atoms with van der Waals surface area (Å²) in [6.45, 7) is 9.44. The summed E-state index contributed by atoms with van der Waals surface area (Å²) in [4.78, 5) is 48.9. The van der Waals surface area contributed by atoms with Crippen LogP contribution in [-0.4, -0.2) is 52.7 Å². The zero-order valence-electron chi connectivity index (χ0n) is 16.9. The lowest BCUT2D eigenvalue weighted by Gasteiger charge is -2.39. The molecular formula is C21H26O8. The number of fused-ring (bicyclic) bond motifs is 1. The van der Waals surface area contributed by atoms with Crippen molar-refractivity contribution in [2.45, 2.75) is 58.0 Å². The van der Waals surface area contributed by atoms with Crippen LogP contribution in [0.1, 0.15) is 34.1 Å². The lowest BCUT2D eigenvalue weighted by atomic mass is 9.77. The number of carbonyl (C=O) groups is 4. The third kappa shape index (κ3) is 4.82. The van der Waals surface area contributed by atoms with Crippen LogP contribution in [0.3, 0.4) is 0 Å². The lowest BCUT2D eigenvalue weighted by Crippen LogP contribution is -2.58. The fraction of sp³-hybridized carbons (Fsp3) is 0.524. The van der Waals surface area contributed by atoms with Crippen LogP contribution in [0, 0.1) is 11.8 Å². The van der Waals surface area contributed by atoms with E-state index < -0.39 is 53.5 Å². The molecule has 0 amide bonds. The highest BCUT2D eigenvalue weighted by molar-refractivity contribution is 5.97. The highest BCUT2D eigenvalue weighted by Gasteiger charge is 2.55. The third-order valence-corrected chi connectivity index (χ3v) is 5.06. The molecule has 0 unspecified atom stereocenters. The molecule has 0 aromatic rings. The number of aliphatic hydroxyl groups is 1. The number of rotatable bonds is 3. The second kappa shape index (κ2) is 8.73. The van der Waals surface area contributed by atoms with Crippen LogP contribution in [-0.2, 0) is 33.4 Å². The highest BCUT2D eigenvalue weighted by Crippen LogP contribution is 2.39. The molecule has 2 aliphatic rings. The number of ether oxygens (including phenoxy) is 3. The molecule has 1 saturated heterocycles. The zero-order valence-corrected chi connectivity index (χ0v) is 16.9. The number of allylic oxidation sites excluding steroid dienone is 2. The summed E-state index contributed by atoms with van der Waals surface area (Å²) in [7, 11) is 0. The summed E-state index contributed by atoms with van der Waals surface area (Å²) in [6, 6.07) is 0. The van der Waals surface area contributed by atoms with Gasteiger partial charge in [-0.25, -0.2) is 9.59 Å². The third-order valence-electron chi connectivity index (χ3n) is 5.06. The van der Waals surface area contributed by atoms with Gasteiger partial charge >= 0.3 is 17.9 Å². The van der Waals surface area contributed by atoms with Crippen molar-refractivity contribution in [1.29, 1.82) is 0 Å². The van der Waals surface area contributed by atoms with Crippen LogP contribution in [0.5, 0.6) is 0 Å². The van der Waals surface area contributed by atoms with Crippen molar-refractivity contribution < 1.29 is 38.5 Å². The van der Waals surface area contributed by atoms with E-state index in [0.29, 0.717) is 6.42 Å². The van der Waals surface area contributed by atoms with Crippen molar-refractivity contribution in [1.82, 2.24) is 0 Å². The van der Waals surface area contributed by atoms with Gasteiger partial charge in [0.15, 0.2) is 23.6 Å². The fourth-order valence-corrected chi connectivity index (χ4v) is 3.57. The van der Waals surface area contributed by atoms with Crippen molar-refractivity contribution in [3.8, 4) is 0 Å². The molecule has 0 radical (unpaired) electrons. The van der Waals surface area contributed by atoms with E-state index in [2.05, 4.69) is 6.58 Å². The van der Waals surface area contributed by atoms with Crippen molar-refractivity contribution in [2.75, 3.05) is 0 Å². The molecule has 29 heavy (non-hydrogen) atoms. The molecule has 1 N–H and O–H groups in total. The summed E-state index contributed by atoms with van der Waals surface area (Å²) in [5.41, 5.74) is -2.21.